The zero-order chi connectivity index (χ0) is 0. The minimum Gasteiger partial charge on any atom is -2.00 e. The Morgan fingerprint density at radius 2 is 0.667 bits per heavy atom. The van der Waals surface area contributed by atoms with Crippen LogP contribution in [0.15, 0.2) is 0 Å². The average molecular weight is 354 g/mol. The van der Waals surface area contributed by atoms with Crippen LogP contribution in [0.25, 0.3) is 0 Å². The average Bonchev–Trinajstić information content (AvgIpc) is 0. The Morgan fingerprint density at radius 3 is 0.667 bits per heavy atom. The third kappa shape index (κ3) is 45.3. The van der Waals surface area contributed by atoms with Crippen molar-refractivity contribution in [2.24, 2.45) is 0 Å². The van der Waals surface area contributed by atoms with Gasteiger partial charge < -0.3 is 16.4 Å². The maximum absolute atomic E-state index is 0. The maximum Gasteiger partial charge on any atom is 3.00 e. The first kappa shape index (κ1) is 126. The molecule has 40 valence electrons. The van der Waals surface area contributed by atoms with Gasteiger partial charge in [0.05, 0.1) is 0 Å². The SMILES string of the molecule is [Au+3].[Ne].[O-2].[O-2].[O-2].[Y+3]. The first-order chi connectivity index (χ1) is 0. The summed E-state index contributed by atoms with van der Waals surface area (Å²) < 4.78 is 0. The molecule has 0 fully saturated rings. The van der Waals surface area contributed by atoms with Gasteiger partial charge in [-0.3, -0.25) is 0 Å². The second kappa shape index (κ2) is 78.9. The summed E-state index contributed by atoms with van der Waals surface area (Å²) in [6, 6.07) is 0. The summed E-state index contributed by atoms with van der Waals surface area (Å²) in [4.78, 5) is 0. The third-order valence-electron chi connectivity index (χ3n) is 0. The fraction of sp³-hybridized carbons (Fsp3) is 0. The first-order valence-electron chi connectivity index (χ1n) is 0. The Labute approximate surface area is 77.0 Å². The van der Waals surface area contributed by atoms with Crippen molar-refractivity contribution in [2.75, 3.05) is 0 Å². The molecular formula is AuNeO3Y. The van der Waals surface area contributed by atoms with Gasteiger partial charge in [-0.15, -0.1) is 0 Å². The van der Waals surface area contributed by atoms with Crippen molar-refractivity contribution in [3.63, 3.8) is 0 Å². The van der Waals surface area contributed by atoms with E-state index in [1.165, 1.54) is 0 Å². The van der Waals surface area contributed by atoms with Crippen LogP contribution >= 0.6 is 0 Å². The van der Waals surface area contributed by atoms with E-state index in [-0.39, 0.29) is 77.7 Å². The smallest absolute Gasteiger partial charge is 2.00 e. The van der Waals surface area contributed by atoms with Crippen molar-refractivity contribution < 1.29 is 77.7 Å². The molecule has 0 rings (SSSR count). The van der Waals surface area contributed by atoms with Crippen LogP contribution in [0.4, 0.5) is 0 Å². The van der Waals surface area contributed by atoms with Crippen molar-refractivity contribution in [1.82, 2.24) is 0 Å². The van der Waals surface area contributed by atoms with Crippen LogP contribution in [0.2, 0.25) is 0 Å². The van der Waals surface area contributed by atoms with Gasteiger partial charge in [0.25, 0.3) is 0 Å². The summed E-state index contributed by atoms with van der Waals surface area (Å²) in [5.41, 5.74) is 0. The van der Waals surface area contributed by atoms with Gasteiger partial charge in [0.1, 0.15) is 0 Å². The van der Waals surface area contributed by atoms with Gasteiger partial charge in [0.15, 0.2) is 0 Å². The predicted molar refractivity (Wildman–Crippen MR) is 2.06 cm³/mol. The van der Waals surface area contributed by atoms with Gasteiger partial charge in [0.2, 0.25) is 0 Å². The topological polar surface area (TPSA) is 85.5 Å². The van der Waals surface area contributed by atoms with E-state index in [4.69, 9.17) is 0 Å². The van der Waals surface area contributed by atoms with E-state index in [0.29, 0.717) is 0 Å². The molecule has 0 atom stereocenters. The maximum atomic E-state index is 0. The summed E-state index contributed by atoms with van der Waals surface area (Å²) in [6.45, 7) is 0. The van der Waals surface area contributed by atoms with Crippen LogP contribution in [0, 0.1) is 6.15 Å². The van der Waals surface area contributed by atoms with Gasteiger partial charge in [-0.1, -0.05) is 0 Å². The number of hydrogen-bond acceptors (Lipinski definition) is 0. The van der Waals surface area contributed by atoms with E-state index >= 15 is 0 Å². The monoisotopic (exact) mass is 354 g/mol. The molecule has 0 saturated heterocycles. The van der Waals surface area contributed by atoms with Gasteiger partial charge in [-0.2, -0.15) is 0 Å². The van der Waals surface area contributed by atoms with Gasteiger partial charge in [-0.25, -0.2) is 0 Å². The molecule has 0 saturated carbocycles. The predicted octanol–water partition coefficient (Wildman–Crippen LogP) is -0.361. The Balaban J connectivity index is 0. The molecule has 6 heteroatoms. The van der Waals surface area contributed by atoms with Crippen LogP contribution in [-0.4, -0.2) is 0 Å². The molecule has 0 aromatic rings. The minimum atomic E-state index is 0. The minimum absolute atomic E-state index is 0. The number of hydrogen-bond donors (Lipinski definition) is 0. The second-order valence-corrected chi connectivity index (χ2v) is 0. The van der Waals surface area contributed by atoms with E-state index in [2.05, 4.69) is 0 Å². The van der Waals surface area contributed by atoms with Gasteiger partial charge in [-0.05, 0) is 0 Å². The van der Waals surface area contributed by atoms with Crippen molar-refractivity contribution in [1.29, 1.82) is 0 Å². The molecule has 0 aliphatic rings. The molecule has 0 aromatic heterocycles. The molecule has 0 heterocycles. The molecule has 0 radical (unpaired) electrons. The molecule has 0 unspecified atom stereocenters. The van der Waals surface area contributed by atoms with E-state index in [0.717, 1.165) is 0 Å². The molecule has 0 aromatic carbocycles. The van der Waals surface area contributed by atoms with Crippen LogP contribution in [0.3, 0.4) is 0 Å². The summed E-state index contributed by atoms with van der Waals surface area (Å²) in [5.74, 6) is 0. The fourth-order valence-corrected chi connectivity index (χ4v) is 0. The normalized spacial score (nSPS) is 0. The van der Waals surface area contributed by atoms with E-state index in [1.54, 1.807) is 0 Å². The molecule has 0 bridgehead atoms. The third-order valence-corrected chi connectivity index (χ3v) is 0. The van der Waals surface area contributed by atoms with E-state index in [9.17, 15) is 0 Å². The summed E-state index contributed by atoms with van der Waals surface area (Å²) >= 11 is 0. The molecule has 6 heavy (non-hydrogen) atoms. The van der Waals surface area contributed by atoms with Crippen molar-refractivity contribution in [3.05, 3.63) is 0 Å². The fourth-order valence-electron chi connectivity index (χ4n) is 0. The molecule has 0 aliphatic heterocycles. The standard InChI is InChI=1S/Au.Ne.3O.Y/q+3;;3*-2;+3. The van der Waals surface area contributed by atoms with Crippen LogP contribution in [0.1, 0.15) is 0 Å². The van der Waals surface area contributed by atoms with Gasteiger partial charge >= 0.3 is 55.1 Å². The molecule has 0 amide bonds. The Kier molecular flexibility index (Phi) is 1660. The van der Waals surface area contributed by atoms with Crippen molar-refractivity contribution in [3.8, 4) is 0 Å². The van der Waals surface area contributed by atoms with E-state index < -0.39 is 0 Å². The molecule has 0 N–H and O–H groups in total. The first-order valence-corrected chi connectivity index (χ1v) is 0. The molecule has 3 nitrogen and oxygen atoms in total. The van der Waals surface area contributed by atoms with Crippen LogP contribution < -0.4 is 0 Å². The van der Waals surface area contributed by atoms with Crippen molar-refractivity contribution >= 4 is 0 Å². The summed E-state index contributed by atoms with van der Waals surface area (Å²) in [5, 5.41) is 0. The number of rotatable bonds is 0. The largest absolute Gasteiger partial charge is 3.00 e. The Bertz CT molecular complexity index is 10.8. The zero-order valence-corrected chi connectivity index (χ0v) is 7.46. The molecule has 0 aliphatic carbocycles. The van der Waals surface area contributed by atoms with Gasteiger partial charge in [0, 0.05) is 6.15 Å². The summed E-state index contributed by atoms with van der Waals surface area (Å²) in [6.07, 6.45) is 0. The van der Waals surface area contributed by atoms with E-state index in [1.807, 2.05) is 0 Å². The second-order valence-electron chi connectivity index (χ2n) is 0. The quantitative estimate of drug-likeness (QED) is 0.532. The molecule has 0 spiro atoms. The molecular weight excluding hydrogens is 354 g/mol. The van der Waals surface area contributed by atoms with Crippen molar-refractivity contribution in [2.45, 2.75) is 0 Å². The summed E-state index contributed by atoms with van der Waals surface area (Å²) in [7, 11) is 0. The van der Waals surface area contributed by atoms with Crippen LogP contribution in [0.5, 0.6) is 0 Å². The zero-order valence-electron chi connectivity index (χ0n) is 2.46. The van der Waals surface area contributed by atoms with Crippen LogP contribution in [-0.2, 0) is 71.5 Å². The Hall–Kier alpha value is 1.63. The Morgan fingerprint density at radius 1 is 0.667 bits per heavy atom.